The van der Waals surface area contributed by atoms with Gasteiger partial charge < -0.3 is 19.4 Å². The van der Waals surface area contributed by atoms with Gasteiger partial charge in [-0.05, 0) is 41.8 Å². The highest BCUT2D eigenvalue weighted by molar-refractivity contribution is 5.84. The van der Waals surface area contributed by atoms with E-state index < -0.39 is 0 Å². The Morgan fingerprint density at radius 2 is 1.66 bits per heavy atom. The number of fused-ring (bicyclic) bond motifs is 2. The van der Waals surface area contributed by atoms with Crippen molar-refractivity contribution in [3.8, 4) is 11.5 Å². The van der Waals surface area contributed by atoms with Gasteiger partial charge in [-0.3, -0.25) is 0 Å². The third-order valence-corrected chi connectivity index (χ3v) is 5.43. The number of hydrogen-bond acceptors (Lipinski definition) is 3. The van der Waals surface area contributed by atoms with Gasteiger partial charge in [-0.15, -0.1) is 0 Å². The zero-order chi connectivity index (χ0) is 19.6. The van der Waals surface area contributed by atoms with E-state index in [2.05, 4.69) is 83.7 Å². The Morgan fingerprint density at radius 3 is 2.55 bits per heavy atom. The zero-order valence-electron chi connectivity index (χ0n) is 16.5. The topological polar surface area (TPSA) is 35.4 Å². The lowest BCUT2D eigenvalue weighted by Crippen LogP contribution is -2.12. The van der Waals surface area contributed by atoms with E-state index in [1.165, 1.54) is 33.2 Å². The van der Waals surface area contributed by atoms with Gasteiger partial charge in [0.15, 0.2) is 11.5 Å². The van der Waals surface area contributed by atoms with Crippen LogP contribution in [0.15, 0.2) is 72.9 Å². The molecule has 29 heavy (non-hydrogen) atoms. The summed E-state index contributed by atoms with van der Waals surface area (Å²) in [5.74, 6) is 1.66. The molecule has 0 amide bonds. The molecular weight excluding hydrogens is 360 g/mol. The normalized spacial score (nSPS) is 12.6. The minimum Gasteiger partial charge on any atom is -0.454 e. The number of rotatable bonds is 6. The fourth-order valence-corrected chi connectivity index (χ4v) is 3.88. The lowest BCUT2D eigenvalue weighted by molar-refractivity contribution is 0.174. The van der Waals surface area contributed by atoms with E-state index in [9.17, 15) is 0 Å². The van der Waals surface area contributed by atoms with Crippen molar-refractivity contribution in [1.82, 2.24) is 9.88 Å². The van der Waals surface area contributed by atoms with Crippen molar-refractivity contribution in [2.45, 2.75) is 26.6 Å². The van der Waals surface area contributed by atoms with Crippen molar-refractivity contribution in [1.29, 1.82) is 0 Å². The molecule has 1 N–H and O–H groups in total. The summed E-state index contributed by atoms with van der Waals surface area (Å²) in [5, 5.41) is 4.88. The Hall–Kier alpha value is -3.24. The van der Waals surface area contributed by atoms with Gasteiger partial charge in [-0.2, -0.15) is 0 Å². The average molecular weight is 384 g/mol. The molecular formula is C25H24N2O2. The number of benzene rings is 3. The Bertz CT molecular complexity index is 1150. The predicted molar refractivity (Wildman–Crippen MR) is 115 cm³/mol. The molecule has 146 valence electrons. The first-order chi connectivity index (χ1) is 14.3. The number of nitrogens with zero attached hydrogens (tertiary/aromatic N) is 1. The summed E-state index contributed by atoms with van der Waals surface area (Å²) < 4.78 is 13.2. The van der Waals surface area contributed by atoms with Crippen LogP contribution in [0.5, 0.6) is 11.5 Å². The third-order valence-electron chi connectivity index (χ3n) is 5.43. The smallest absolute Gasteiger partial charge is 0.231 e. The highest BCUT2D eigenvalue weighted by atomic mass is 16.7. The van der Waals surface area contributed by atoms with E-state index in [0.29, 0.717) is 6.79 Å². The maximum absolute atomic E-state index is 5.48. The van der Waals surface area contributed by atoms with E-state index in [0.717, 1.165) is 31.1 Å². The number of ether oxygens (including phenoxy) is 2. The van der Waals surface area contributed by atoms with Crippen LogP contribution >= 0.6 is 0 Å². The zero-order valence-corrected chi connectivity index (χ0v) is 16.5. The van der Waals surface area contributed by atoms with Gasteiger partial charge in [0.1, 0.15) is 0 Å². The summed E-state index contributed by atoms with van der Waals surface area (Å²) in [4.78, 5) is 0. The molecule has 0 saturated heterocycles. The Morgan fingerprint density at radius 1 is 0.862 bits per heavy atom. The summed E-state index contributed by atoms with van der Waals surface area (Å²) in [6, 6.07) is 23.5. The monoisotopic (exact) mass is 384 g/mol. The van der Waals surface area contributed by atoms with Crippen LogP contribution < -0.4 is 14.8 Å². The molecule has 3 aromatic carbocycles. The minimum atomic E-state index is 0.312. The van der Waals surface area contributed by atoms with Crippen LogP contribution in [0, 0.1) is 6.92 Å². The van der Waals surface area contributed by atoms with Crippen molar-refractivity contribution in [2.75, 3.05) is 6.79 Å². The van der Waals surface area contributed by atoms with Crippen LogP contribution in [-0.2, 0) is 19.6 Å². The van der Waals surface area contributed by atoms with Gasteiger partial charge in [0.05, 0.1) is 0 Å². The molecule has 4 heteroatoms. The summed E-state index contributed by atoms with van der Waals surface area (Å²) in [5.41, 5.74) is 6.38. The summed E-state index contributed by atoms with van der Waals surface area (Å²) in [6.07, 6.45) is 2.27. The molecule has 4 aromatic rings. The molecule has 0 radical (unpaired) electrons. The molecule has 0 atom stereocenters. The van der Waals surface area contributed by atoms with Crippen molar-refractivity contribution >= 4 is 10.9 Å². The summed E-state index contributed by atoms with van der Waals surface area (Å²) >= 11 is 0. The van der Waals surface area contributed by atoms with Crippen LogP contribution in [0.1, 0.15) is 22.3 Å². The SMILES string of the molecule is Cc1ccc(Cn2cc(CNCc3ccc4c(c3)OCO4)c3ccccc32)cc1. The van der Waals surface area contributed by atoms with Gasteiger partial charge in [0.2, 0.25) is 6.79 Å². The molecule has 1 aliphatic rings. The minimum absolute atomic E-state index is 0.312. The van der Waals surface area contributed by atoms with Crippen LogP contribution in [0.3, 0.4) is 0 Å². The molecule has 0 saturated carbocycles. The first kappa shape index (κ1) is 17.8. The van der Waals surface area contributed by atoms with Crippen LogP contribution in [0.4, 0.5) is 0 Å². The quantitative estimate of drug-likeness (QED) is 0.507. The van der Waals surface area contributed by atoms with Crippen LogP contribution in [0.25, 0.3) is 10.9 Å². The molecule has 0 bridgehead atoms. The number of para-hydroxylation sites is 1. The standard InChI is InChI=1S/C25H24N2O2/c1-18-6-8-19(9-7-18)15-27-16-21(22-4-2-3-5-23(22)27)14-26-13-20-10-11-24-25(12-20)29-17-28-24/h2-12,16,26H,13-15,17H2,1H3. The van der Waals surface area contributed by atoms with E-state index in [-0.39, 0.29) is 0 Å². The second-order valence-corrected chi connectivity index (χ2v) is 7.58. The molecule has 0 spiro atoms. The molecule has 0 unspecified atom stereocenters. The molecule has 0 aliphatic carbocycles. The van der Waals surface area contributed by atoms with E-state index in [1.54, 1.807) is 0 Å². The van der Waals surface area contributed by atoms with Crippen molar-refractivity contribution in [2.24, 2.45) is 0 Å². The first-order valence-corrected chi connectivity index (χ1v) is 9.98. The number of hydrogen-bond donors (Lipinski definition) is 1. The van der Waals surface area contributed by atoms with Gasteiger partial charge in [-0.25, -0.2) is 0 Å². The lowest BCUT2D eigenvalue weighted by atomic mass is 10.1. The Kier molecular flexibility index (Phi) is 4.70. The summed E-state index contributed by atoms with van der Waals surface area (Å²) in [7, 11) is 0. The molecule has 1 aliphatic heterocycles. The molecule has 0 fully saturated rings. The molecule has 1 aromatic heterocycles. The molecule has 2 heterocycles. The fraction of sp³-hybridized carbons (Fsp3) is 0.200. The first-order valence-electron chi connectivity index (χ1n) is 9.98. The maximum Gasteiger partial charge on any atom is 0.231 e. The number of nitrogens with one attached hydrogen (secondary N) is 1. The Balaban J connectivity index is 1.32. The van der Waals surface area contributed by atoms with Crippen molar-refractivity contribution < 1.29 is 9.47 Å². The molecule has 4 nitrogen and oxygen atoms in total. The van der Waals surface area contributed by atoms with Gasteiger partial charge in [0, 0.05) is 36.7 Å². The van der Waals surface area contributed by atoms with Crippen LogP contribution in [0.2, 0.25) is 0 Å². The van der Waals surface area contributed by atoms with Crippen molar-refractivity contribution in [3.05, 3.63) is 95.2 Å². The second-order valence-electron chi connectivity index (χ2n) is 7.58. The highest BCUT2D eigenvalue weighted by Crippen LogP contribution is 2.32. The maximum atomic E-state index is 5.48. The fourth-order valence-electron chi connectivity index (χ4n) is 3.88. The largest absolute Gasteiger partial charge is 0.454 e. The van der Waals surface area contributed by atoms with Gasteiger partial charge in [-0.1, -0.05) is 54.1 Å². The number of aryl methyl sites for hydroxylation is 1. The second kappa shape index (κ2) is 7.64. The lowest BCUT2D eigenvalue weighted by Gasteiger charge is -2.06. The van der Waals surface area contributed by atoms with Gasteiger partial charge in [0.25, 0.3) is 0 Å². The number of aromatic nitrogens is 1. The highest BCUT2D eigenvalue weighted by Gasteiger charge is 2.13. The van der Waals surface area contributed by atoms with E-state index in [4.69, 9.17) is 9.47 Å². The van der Waals surface area contributed by atoms with E-state index in [1.807, 2.05) is 6.07 Å². The summed E-state index contributed by atoms with van der Waals surface area (Å²) in [6.45, 7) is 4.92. The predicted octanol–water partition coefficient (Wildman–Crippen LogP) is 5.02. The average Bonchev–Trinajstić information content (AvgIpc) is 3.35. The Labute approximate surface area is 170 Å². The third kappa shape index (κ3) is 3.71. The van der Waals surface area contributed by atoms with Gasteiger partial charge >= 0.3 is 0 Å². The van der Waals surface area contributed by atoms with Crippen LogP contribution in [-0.4, -0.2) is 11.4 Å². The molecule has 5 rings (SSSR count). The van der Waals surface area contributed by atoms with Crippen molar-refractivity contribution in [3.63, 3.8) is 0 Å². The van der Waals surface area contributed by atoms with E-state index >= 15 is 0 Å².